The van der Waals surface area contributed by atoms with Crippen molar-refractivity contribution in [2.45, 2.75) is 27.2 Å². The van der Waals surface area contributed by atoms with E-state index in [0.717, 1.165) is 0 Å². The average Bonchev–Trinajstić information content (AvgIpc) is 2.66. The Morgan fingerprint density at radius 3 is 1.85 bits per heavy atom. The molecule has 10 heteroatoms. The minimum atomic E-state index is -0.276. The summed E-state index contributed by atoms with van der Waals surface area (Å²) < 4.78 is 10.4. The van der Waals surface area contributed by atoms with Gasteiger partial charge in [0, 0.05) is 33.1 Å². The van der Waals surface area contributed by atoms with Gasteiger partial charge in [0.2, 0.25) is 17.7 Å². The van der Waals surface area contributed by atoms with E-state index in [1.165, 1.54) is 0 Å². The van der Waals surface area contributed by atoms with E-state index in [9.17, 15) is 14.4 Å². The van der Waals surface area contributed by atoms with Crippen LogP contribution in [-0.4, -0.2) is 77.4 Å². The molecule has 0 aliphatic carbocycles. The van der Waals surface area contributed by atoms with Crippen molar-refractivity contribution in [3.63, 3.8) is 0 Å². The summed E-state index contributed by atoms with van der Waals surface area (Å²) in [5.74, 6) is -0.565. The lowest BCUT2D eigenvalue weighted by atomic mass is 10.4. The van der Waals surface area contributed by atoms with Gasteiger partial charge in [-0.05, 0) is 0 Å². The highest BCUT2D eigenvalue weighted by molar-refractivity contribution is 5.78. The molecule has 0 rings (SSSR count). The van der Waals surface area contributed by atoms with Crippen LogP contribution in [0.25, 0.3) is 0 Å². The zero-order valence-corrected chi connectivity index (χ0v) is 16.3. The van der Waals surface area contributed by atoms with Crippen molar-refractivity contribution in [1.82, 2.24) is 21.4 Å². The molecule has 0 aliphatic rings. The van der Waals surface area contributed by atoms with Crippen LogP contribution in [0, 0.1) is 0 Å². The maximum Gasteiger partial charge on any atom is 0.248 e. The lowest BCUT2D eigenvalue weighted by Gasteiger charge is -2.08. The molecule has 0 saturated carbocycles. The van der Waals surface area contributed by atoms with Gasteiger partial charge in [-0.15, -0.1) is 0 Å². The third-order valence-corrected chi connectivity index (χ3v) is 2.61. The highest BCUT2D eigenvalue weighted by Gasteiger charge is 2.03. The quantitative estimate of drug-likeness (QED) is 0.212. The number of ether oxygens (including phenoxy) is 2. The summed E-state index contributed by atoms with van der Waals surface area (Å²) in [5, 5.41) is 7.85. The largest absolute Gasteiger partial charge is 0.377 e. The normalized spacial score (nSPS) is 9.69. The Morgan fingerprint density at radius 1 is 0.731 bits per heavy atom. The van der Waals surface area contributed by atoms with Crippen LogP contribution in [0.15, 0.2) is 0 Å². The maximum atomic E-state index is 11.4. The van der Waals surface area contributed by atoms with Gasteiger partial charge in [0.25, 0.3) is 0 Å². The summed E-state index contributed by atoms with van der Waals surface area (Å²) in [5.41, 5.74) is 2.38. The van der Waals surface area contributed by atoms with Gasteiger partial charge in [-0.1, -0.05) is 20.8 Å². The van der Waals surface area contributed by atoms with Gasteiger partial charge in [0.1, 0.15) is 13.2 Å². The van der Waals surface area contributed by atoms with Crippen LogP contribution >= 0.6 is 0 Å². The molecular weight excluding hydrogens is 344 g/mol. The van der Waals surface area contributed by atoms with Crippen LogP contribution in [0.3, 0.4) is 0 Å². The fourth-order valence-corrected chi connectivity index (χ4v) is 1.42. The van der Waals surface area contributed by atoms with E-state index >= 15 is 0 Å². The summed E-state index contributed by atoms with van der Waals surface area (Å²) >= 11 is 0. The first-order chi connectivity index (χ1) is 12.6. The molecule has 0 aromatic rings. The van der Waals surface area contributed by atoms with Gasteiger partial charge >= 0.3 is 0 Å². The van der Waals surface area contributed by atoms with Crippen molar-refractivity contribution < 1.29 is 28.7 Å². The second-order valence-electron chi connectivity index (χ2n) is 4.56. The summed E-state index contributed by atoms with van der Waals surface area (Å²) in [6.07, 6.45) is 0.450. The SMILES string of the molecule is CC.CCC(=O)NCCOCCOCC(=O)NCCNC(=O)CONC. The predicted octanol–water partition coefficient (Wildman–Crippen LogP) is -1.04. The Bertz CT molecular complexity index is 369. The third kappa shape index (κ3) is 20.3. The molecule has 0 fully saturated rings. The Morgan fingerprint density at radius 2 is 1.27 bits per heavy atom. The number of hydroxylamine groups is 1. The van der Waals surface area contributed by atoms with Gasteiger partial charge in [-0.25, -0.2) is 5.48 Å². The Balaban J connectivity index is 0. The van der Waals surface area contributed by atoms with Crippen molar-refractivity contribution in [2.24, 2.45) is 0 Å². The molecular formula is C16H34N4O6. The van der Waals surface area contributed by atoms with Crippen molar-refractivity contribution in [3.8, 4) is 0 Å². The molecule has 0 heterocycles. The Labute approximate surface area is 155 Å². The second-order valence-corrected chi connectivity index (χ2v) is 4.56. The van der Waals surface area contributed by atoms with E-state index in [1.54, 1.807) is 14.0 Å². The molecule has 4 N–H and O–H groups in total. The average molecular weight is 378 g/mol. The fourth-order valence-electron chi connectivity index (χ4n) is 1.42. The van der Waals surface area contributed by atoms with Crippen molar-refractivity contribution in [3.05, 3.63) is 0 Å². The van der Waals surface area contributed by atoms with Crippen molar-refractivity contribution >= 4 is 17.7 Å². The van der Waals surface area contributed by atoms with E-state index < -0.39 is 0 Å². The number of carbonyl (C=O) groups excluding carboxylic acids is 3. The van der Waals surface area contributed by atoms with Crippen LogP contribution in [0.1, 0.15) is 27.2 Å². The van der Waals surface area contributed by atoms with Crippen molar-refractivity contribution in [1.29, 1.82) is 0 Å². The number of carbonyl (C=O) groups is 3. The van der Waals surface area contributed by atoms with E-state index in [-0.39, 0.29) is 37.5 Å². The van der Waals surface area contributed by atoms with Crippen LogP contribution < -0.4 is 21.4 Å². The molecule has 0 aliphatic heterocycles. The predicted molar refractivity (Wildman–Crippen MR) is 97.3 cm³/mol. The number of hydrogen-bond acceptors (Lipinski definition) is 7. The Kier molecular flexibility index (Phi) is 21.7. The minimum absolute atomic E-state index is 0.0164. The molecule has 3 amide bonds. The van der Waals surface area contributed by atoms with E-state index in [0.29, 0.717) is 39.3 Å². The molecule has 26 heavy (non-hydrogen) atoms. The number of nitrogens with one attached hydrogen (secondary N) is 4. The first-order valence-corrected chi connectivity index (χ1v) is 8.84. The molecule has 0 aromatic heterocycles. The molecule has 0 aromatic carbocycles. The van der Waals surface area contributed by atoms with E-state index in [1.807, 2.05) is 13.8 Å². The molecule has 0 atom stereocenters. The zero-order valence-electron chi connectivity index (χ0n) is 16.3. The standard InChI is InChI=1S/C14H28N4O6.C2H6/c1-3-12(19)18-6-7-22-8-9-23-10-13(20)16-4-5-17-14(21)11-24-15-2;1-2/h15H,3-11H2,1-2H3,(H,16,20)(H,17,21)(H,18,19);1-2H3. The lowest BCUT2D eigenvalue weighted by molar-refractivity contribution is -0.129. The lowest BCUT2D eigenvalue weighted by Crippen LogP contribution is -2.38. The molecule has 10 nitrogen and oxygen atoms in total. The monoisotopic (exact) mass is 378 g/mol. The second kappa shape index (κ2) is 21.3. The van der Waals surface area contributed by atoms with Crippen LogP contribution in [-0.2, 0) is 28.7 Å². The Hall–Kier alpha value is -1.75. The number of rotatable bonds is 15. The van der Waals surface area contributed by atoms with Gasteiger partial charge in [-0.2, -0.15) is 0 Å². The van der Waals surface area contributed by atoms with Gasteiger partial charge < -0.3 is 25.4 Å². The molecule has 0 bridgehead atoms. The molecule has 0 radical (unpaired) electrons. The van der Waals surface area contributed by atoms with Crippen LogP contribution in [0.2, 0.25) is 0 Å². The first kappa shape index (κ1) is 26.5. The number of amides is 3. The summed E-state index contributed by atoms with van der Waals surface area (Å²) in [6, 6.07) is 0. The maximum absolute atomic E-state index is 11.4. The minimum Gasteiger partial charge on any atom is -0.377 e. The molecule has 0 saturated heterocycles. The summed E-state index contributed by atoms with van der Waals surface area (Å²) in [7, 11) is 1.56. The fraction of sp³-hybridized carbons (Fsp3) is 0.812. The number of hydrogen-bond donors (Lipinski definition) is 4. The van der Waals surface area contributed by atoms with Gasteiger partial charge in [0.15, 0.2) is 0 Å². The molecule has 0 spiro atoms. The van der Waals surface area contributed by atoms with Crippen LogP contribution in [0.5, 0.6) is 0 Å². The van der Waals surface area contributed by atoms with Crippen molar-refractivity contribution in [2.75, 3.05) is 59.7 Å². The molecule has 154 valence electrons. The van der Waals surface area contributed by atoms with Gasteiger partial charge in [0.05, 0.1) is 19.8 Å². The van der Waals surface area contributed by atoms with E-state index in [2.05, 4.69) is 26.3 Å². The van der Waals surface area contributed by atoms with Gasteiger partial charge in [-0.3, -0.25) is 19.2 Å². The summed E-state index contributed by atoms with van der Waals surface area (Å²) in [4.78, 5) is 38.2. The molecule has 0 unspecified atom stereocenters. The van der Waals surface area contributed by atoms with Crippen LogP contribution in [0.4, 0.5) is 0 Å². The topological polar surface area (TPSA) is 127 Å². The van der Waals surface area contributed by atoms with E-state index in [4.69, 9.17) is 9.47 Å². The highest BCUT2D eigenvalue weighted by atomic mass is 16.6. The highest BCUT2D eigenvalue weighted by Crippen LogP contribution is 1.80. The third-order valence-electron chi connectivity index (χ3n) is 2.61. The smallest absolute Gasteiger partial charge is 0.248 e. The zero-order chi connectivity index (χ0) is 20.0. The summed E-state index contributed by atoms with van der Waals surface area (Å²) in [6.45, 7) is 7.72. The first-order valence-electron chi connectivity index (χ1n) is 8.84.